The molecule has 15 heavy (non-hydrogen) atoms. The number of rotatable bonds is 1. The molecule has 0 aromatic rings. The van der Waals surface area contributed by atoms with Crippen LogP contribution in [-0.2, 0) is 4.79 Å². The zero-order valence-electron chi connectivity index (χ0n) is 8.91. The summed E-state index contributed by atoms with van der Waals surface area (Å²) in [5, 5.41) is 9.53. The predicted molar refractivity (Wildman–Crippen MR) is 56.6 cm³/mol. The van der Waals surface area contributed by atoms with Crippen molar-refractivity contribution in [2.45, 2.75) is 37.6 Å². The summed E-state index contributed by atoms with van der Waals surface area (Å²) in [4.78, 5) is 13.8. The minimum atomic E-state index is -0.615. The van der Waals surface area contributed by atoms with E-state index < -0.39 is 11.5 Å². The van der Waals surface area contributed by atoms with Crippen LogP contribution in [0.3, 0.4) is 0 Å². The molecule has 3 heteroatoms. The largest absolute Gasteiger partial charge is 0.480 e. The third-order valence-electron chi connectivity index (χ3n) is 4.34. The second kappa shape index (κ2) is 3.08. The quantitative estimate of drug-likeness (QED) is 0.665. The predicted octanol–water partition coefficient (Wildman–Crippen LogP) is 1.65. The van der Waals surface area contributed by atoms with E-state index in [-0.39, 0.29) is 0 Å². The fourth-order valence-corrected chi connectivity index (χ4v) is 3.72. The first-order valence-corrected chi connectivity index (χ1v) is 5.94. The van der Waals surface area contributed by atoms with Gasteiger partial charge in [-0.05, 0) is 50.1 Å². The average molecular weight is 207 g/mol. The molecule has 0 bridgehead atoms. The van der Waals surface area contributed by atoms with Crippen LogP contribution in [0.1, 0.15) is 32.1 Å². The Morgan fingerprint density at radius 2 is 2.40 bits per heavy atom. The first kappa shape index (κ1) is 9.40. The summed E-state index contributed by atoms with van der Waals surface area (Å²) in [5.74, 6) is -0.0780. The molecule has 0 amide bonds. The van der Waals surface area contributed by atoms with Crippen molar-refractivity contribution in [3.63, 3.8) is 0 Å². The molecule has 2 heterocycles. The van der Waals surface area contributed by atoms with Crippen molar-refractivity contribution in [3.8, 4) is 0 Å². The monoisotopic (exact) mass is 207 g/mol. The summed E-state index contributed by atoms with van der Waals surface area (Å²) in [6.07, 6.45) is 7.58. The van der Waals surface area contributed by atoms with Crippen LogP contribution in [0.25, 0.3) is 0 Å². The van der Waals surface area contributed by atoms with Crippen molar-refractivity contribution in [2.75, 3.05) is 13.1 Å². The van der Waals surface area contributed by atoms with E-state index in [4.69, 9.17) is 0 Å². The van der Waals surface area contributed by atoms with Gasteiger partial charge in [0.1, 0.15) is 5.54 Å². The fourth-order valence-electron chi connectivity index (χ4n) is 3.72. The molecule has 3 rings (SSSR count). The van der Waals surface area contributed by atoms with Crippen LogP contribution < -0.4 is 0 Å². The first-order chi connectivity index (χ1) is 7.25. The topological polar surface area (TPSA) is 40.5 Å². The van der Waals surface area contributed by atoms with Gasteiger partial charge in [0.05, 0.1) is 0 Å². The molecule has 0 radical (unpaired) electrons. The molecule has 3 aliphatic rings. The van der Waals surface area contributed by atoms with E-state index in [1.807, 2.05) is 0 Å². The van der Waals surface area contributed by atoms with Crippen molar-refractivity contribution < 1.29 is 9.90 Å². The van der Waals surface area contributed by atoms with Gasteiger partial charge in [-0.25, -0.2) is 4.79 Å². The normalized spacial score (nSPS) is 39.7. The van der Waals surface area contributed by atoms with Gasteiger partial charge >= 0.3 is 5.97 Å². The van der Waals surface area contributed by atoms with Crippen LogP contribution in [0.4, 0.5) is 0 Å². The highest BCUT2D eigenvalue weighted by molar-refractivity contribution is 5.85. The van der Waals surface area contributed by atoms with Crippen molar-refractivity contribution in [2.24, 2.45) is 5.92 Å². The Morgan fingerprint density at radius 1 is 1.53 bits per heavy atom. The van der Waals surface area contributed by atoms with E-state index in [0.717, 1.165) is 32.4 Å². The number of carboxylic acids is 1. The summed E-state index contributed by atoms with van der Waals surface area (Å²) >= 11 is 0. The molecule has 82 valence electrons. The zero-order valence-corrected chi connectivity index (χ0v) is 8.91. The number of carbonyl (C=O) groups is 1. The molecule has 3 nitrogen and oxygen atoms in total. The Morgan fingerprint density at radius 3 is 3.20 bits per heavy atom. The highest BCUT2D eigenvalue weighted by Gasteiger charge is 2.57. The third-order valence-corrected chi connectivity index (χ3v) is 4.34. The van der Waals surface area contributed by atoms with Gasteiger partial charge < -0.3 is 5.11 Å². The summed E-state index contributed by atoms with van der Waals surface area (Å²) in [6, 6.07) is 0. The Hall–Kier alpha value is -0.830. The Labute approximate surface area is 89.8 Å². The van der Waals surface area contributed by atoms with Crippen molar-refractivity contribution in [1.82, 2.24) is 4.90 Å². The Kier molecular flexibility index (Phi) is 1.93. The van der Waals surface area contributed by atoms with Gasteiger partial charge in [-0.2, -0.15) is 0 Å². The molecule has 0 unspecified atom stereocenters. The van der Waals surface area contributed by atoms with Crippen LogP contribution in [0.15, 0.2) is 11.6 Å². The van der Waals surface area contributed by atoms with Gasteiger partial charge in [0.25, 0.3) is 0 Å². The Balaban J connectivity index is 2.07. The number of allylic oxidation sites excluding steroid dienone is 1. The van der Waals surface area contributed by atoms with Gasteiger partial charge in [0.2, 0.25) is 0 Å². The average Bonchev–Trinajstić information content (AvgIpc) is 2.73. The molecular formula is C12H17NO2. The van der Waals surface area contributed by atoms with E-state index in [1.165, 1.54) is 18.4 Å². The molecule has 2 aliphatic heterocycles. The molecule has 0 aromatic carbocycles. The number of aliphatic carboxylic acids is 1. The maximum atomic E-state index is 11.6. The van der Waals surface area contributed by atoms with Gasteiger partial charge in [-0.3, -0.25) is 4.90 Å². The molecule has 1 aliphatic carbocycles. The van der Waals surface area contributed by atoms with Gasteiger partial charge in [0, 0.05) is 6.54 Å². The number of fused-ring (bicyclic) bond motifs is 3. The third kappa shape index (κ3) is 1.07. The van der Waals surface area contributed by atoms with Gasteiger partial charge in [-0.1, -0.05) is 6.08 Å². The van der Waals surface area contributed by atoms with Crippen LogP contribution in [-0.4, -0.2) is 34.6 Å². The van der Waals surface area contributed by atoms with E-state index in [2.05, 4.69) is 11.0 Å². The SMILES string of the molecule is O=C(O)[C@@]12CCCN1C[C@H]1CCCC=C12. The maximum absolute atomic E-state index is 11.6. The summed E-state index contributed by atoms with van der Waals surface area (Å²) in [7, 11) is 0. The lowest BCUT2D eigenvalue weighted by Gasteiger charge is -2.29. The molecule has 1 N–H and O–H groups in total. The number of nitrogens with zero attached hydrogens (tertiary/aromatic N) is 1. The number of hydrogen-bond acceptors (Lipinski definition) is 2. The number of carboxylic acid groups (broad SMARTS) is 1. The van der Waals surface area contributed by atoms with E-state index >= 15 is 0 Å². The maximum Gasteiger partial charge on any atom is 0.328 e. The standard InChI is InChI=1S/C12H17NO2/c14-11(15)12-6-3-7-13(12)8-9-4-1-2-5-10(9)12/h5,9H,1-4,6-8H2,(H,14,15)/t9-,12+/m1/s1. The van der Waals surface area contributed by atoms with E-state index in [9.17, 15) is 9.90 Å². The Bertz CT molecular complexity index is 337. The molecule has 0 aromatic heterocycles. The van der Waals surface area contributed by atoms with Gasteiger partial charge in [0.15, 0.2) is 0 Å². The molecule has 2 atom stereocenters. The summed E-state index contributed by atoms with van der Waals surface area (Å²) in [6.45, 7) is 1.96. The van der Waals surface area contributed by atoms with Crippen molar-refractivity contribution in [1.29, 1.82) is 0 Å². The summed E-state index contributed by atoms with van der Waals surface area (Å²) in [5.41, 5.74) is 0.643. The summed E-state index contributed by atoms with van der Waals surface area (Å²) < 4.78 is 0. The van der Waals surface area contributed by atoms with E-state index in [0.29, 0.717) is 5.92 Å². The highest BCUT2D eigenvalue weighted by Crippen LogP contribution is 2.49. The lowest BCUT2D eigenvalue weighted by Crippen LogP contribution is -2.47. The van der Waals surface area contributed by atoms with Crippen molar-refractivity contribution >= 4 is 5.97 Å². The van der Waals surface area contributed by atoms with Crippen molar-refractivity contribution in [3.05, 3.63) is 11.6 Å². The van der Waals surface area contributed by atoms with Crippen LogP contribution >= 0.6 is 0 Å². The van der Waals surface area contributed by atoms with Crippen LogP contribution in [0.2, 0.25) is 0 Å². The second-order valence-corrected chi connectivity index (χ2v) is 5.00. The minimum Gasteiger partial charge on any atom is -0.480 e. The first-order valence-electron chi connectivity index (χ1n) is 5.94. The molecular weight excluding hydrogens is 190 g/mol. The molecule has 0 saturated carbocycles. The number of hydrogen-bond donors (Lipinski definition) is 1. The highest BCUT2D eigenvalue weighted by atomic mass is 16.4. The van der Waals surface area contributed by atoms with Crippen LogP contribution in [0.5, 0.6) is 0 Å². The minimum absolute atomic E-state index is 0.537. The molecule has 2 fully saturated rings. The molecule has 2 saturated heterocycles. The zero-order chi connectivity index (χ0) is 10.5. The lowest BCUT2D eigenvalue weighted by molar-refractivity contribution is -0.145. The lowest BCUT2D eigenvalue weighted by atomic mass is 9.79. The molecule has 0 spiro atoms. The fraction of sp³-hybridized carbons (Fsp3) is 0.750. The van der Waals surface area contributed by atoms with E-state index in [1.54, 1.807) is 0 Å². The van der Waals surface area contributed by atoms with Crippen LogP contribution in [0, 0.1) is 5.92 Å². The second-order valence-electron chi connectivity index (χ2n) is 5.00. The smallest absolute Gasteiger partial charge is 0.328 e. The van der Waals surface area contributed by atoms with Gasteiger partial charge in [-0.15, -0.1) is 0 Å².